The summed E-state index contributed by atoms with van der Waals surface area (Å²) in [6, 6.07) is 7.93. The van der Waals surface area contributed by atoms with Gasteiger partial charge in [-0.15, -0.1) is 0 Å². The standard InChI is InChI=1S/C18H28N2O3/c1-17(2,3)23-16(21)20(4)18(10-12-19-13-11-18)14-8-6-7-9-15(14)22-5/h6-9,19H,10-13H2,1-5H3. The van der Waals surface area contributed by atoms with E-state index in [1.807, 2.05) is 52.1 Å². The molecule has 0 bridgehead atoms. The maximum atomic E-state index is 12.7. The monoisotopic (exact) mass is 320 g/mol. The first-order valence-electron chi connectivity index (χ1n) is 8.11. The molecular weight excluding hydrogens is 292 g/mol. The molecule has 128 valence electrons. The molecule has 0 unspecified atom stereocenters. The number of carbonyl (C=O) groups excluding carboxylic acids is 1. The molecule has 5 heteroatoms. The third-order valence-corrected chi connectivity index (χ3v) is 4.35. The van der Waals surface area contributed by atoms with Crippen LogP contribution in [0.25, 0.3) is 0 Å². The van der Waals surface area contributed by atoms with E-state index in [4.69, 9.17) is 9.47 Å². The number of benzene rings is 1. The minimum Gasteiger partial charge on any atom is -0.496 e. The topological polar surface area (TPSA) is 50.8 Å². The second-order valence-electron chi connectivity index (χ2n) is 7.02. The molecule has 0 aromatic heterocycles. The van der Waals surface area contributed by atoms with Gasteiger partial charge in [0.1, 0.15) is 11.4 Å². The van der Waals surface area contributed by atoms with Crippen molar-refractivity contribution in [1.29, 1.82) is 0 Å². The second-order valence-corrected chi connectivity index (χ2v) is 7.02. The summed E-state index contributed by atoms with van der Waals surface area (Å²) in [7, 11) is 3.49. The SMILES string of the molecule is COc1ccccc1C1(N(C)C(=O)OC(C)(C)C)CCNCC1. The van der Waals surface area contributed by atoms with E-state index in [9.17, 15) is 4.79 Å². The van der Waals surface area contributed by atoms with Crippen molar-refractivity contribution in [2.24, 2.45) is 0 Å². The molecule has 0 radical (unpaired) electrons. The van der Waals surface area contributed by atoms with Crippen LogP contribution >= 0.6 is 0 Å². The molecule has 1 fully saturated rings. The molecule has 1 aliphatic rings. The van der Waals surface area contributed by atoms with E-state index in [2.05, 4.69) is 5.32 Å². The summed E-state index contributed by atoms with van der Waals surface area (Å²) in [5.74, 6) is 0.810. The molecule has 0 spiro atoms. The smallest absolute Gasteiger partial charge is 0.410 e. The number of hydrogen-bond donors (Lipinski definition) is 1. The van der Waals surface area contributed by atoms with Crippen LogP contribution in [0.1, 0.15) is 39.2 Å². The van der Waals surface area contributed by atoms with Gasteiger partial charge < -0.3 is 19.7 Å². The Labute approximate surface area is 139 Å². The van der Waals surface area contributed by atoms with Gasteiger partial charge in [0.2, 0.25) is 0 Å². The number of methoxy groups -OCH3 is 1. The average Bonchev–Trinajstić information content (AvgIpc) is 2.53. The number of piperidine rings is 1. The molecule has 1 N–H and O–H groups in total. The molecule has 23 heavy (non-hydrogen) atoms. The highest BCUT2D eigenvalue weighted by Crippen LogP contribution is 2.41. The third kappa shape index (κ3) is 3.78. The Bertz CT molecular complexity index is 545. The molecule has 1 saturated heterocycles. The Morgan fingerprint density at radius 3 is 2.39 bits per heavy atom. The molecule has 0 aliphatic carbocycles. The molecule has 1 heterocycles. The Balaban J connectivity index is 2.41. The summed E-state index contributed by atoms with van der Waals surface area (Å²) in [4.78, 5) is 14.4. The van der Waals surface area contributed by atoms with Gasteiger partial charge in [-0.05, 0) is 52.8 Å². The number of amides is 1. The van der Waals surface area contributed by atoms with Gasteiger partial charge in [-0.1, -0.05) is 18.2 Å². The Morgan fingerprint density at radius 1 is 1.22 bits per heavy atom. The fourth-order valence-electron chi connectivity index (χ4n) is 3.16. The van der Waals surface area contributed by atoms with Gasteiger partial charge in [-0.3, -0.25) is 0 Å². The second kappa shape index (κ2) is 6.79. The van der Waals surface area contributed by atoms with Gasteiger partial charge in [0.25, 0.3) is 0 Å². The predicted molar refractivity (Wildman–Crippen MR) is 90.8 cm³/mol. The maximum absolute atomic E-state index is 12.7. The van der Waals surface area contributed by atoms with Gasteiger partial charge in [0.15, 0.2) is 0 Å². The van der Waals surface area contributed by atoms with E-state index in [0.717, 1.165) is 37.2 Å². The molecule has 0 atom stereocenters. The fraction of sp³-hybridized carbons (Fsp3) is 0.611. The van der Waals surface area contributed by atoms with Crippen LogP contribution in [0, 0.1) is 0 Å². The van der Waals surface area contributed by atoms with Crippen molar-refractivity contribution in [1.82, 2.24) is 10.2 Å². The van der Waals surface area contributed by atoms with E-state index >= 15 is 0 Å². The summed E-state index contributed by atoms with van der Waals surface area (Å²) in [6.07, 6.45) is 1.34. The Hall–Kier alpha value is -1.75. The van der Waals surface area contributed by atoms with Crippen molar-refractivity contribution in [2.75, 3.05) is 27.2 Å². The van der Waals surface area contributed by atoms with Crippen LogP contribution in [0.2, 0.25) is 0 Å². The first-order valence-corrected chi connectivity index (χ1v) is 8.11. The van der Waals surface area contributed by atoms with Gasteiger partial charge in [0.05, 0.1) is 12.6 Å². The van der Waals surface area contributed by atoms with Crippen LogP contribution in [0.4, 0.5) is 4.79 Å². The number of rotatable bonds is 3. The van der Waals surface area contributed by atoms with Gasteiger partial charge in [0, 0.05) is 12.6 Å². The number of carbonyl (C=O) groups is 1. The summed E-state index contributed by atoms with van der Waals surface area (Å²) < 4.78 is 11.2. The highest BCUT2D eigenvalue weighted by Gasteiger charge is 2.43. The molecule has 5 nitrogen and oxygen atoms in total. The molecule has 1 aromatic carbocycles. The Kier molecular flexibility index (Phi) is 5.19. The summed E-state index contributed by atoms with van der Waals surface area (Å²) in [5, 5.41) is 3.37. The van der Waals surface area contributed by atoms with Crippen LogP contribution in [0.3, 0.4) is 0 Å². The van der Waals surface area contributed by atoms with Gasteiger partial charge >= 0.3 is 6.09 Å². The normalized spacial score (nSPS) is 17.4. The van der Waals surface area contributed by atoms with Crippen LogP contribution in [-0.2, 0) is 10.3 Å². The van der Waals surface area contributed by atoms with Crippen LogP contribution in [-0.4, -0.2) is 43.8 Å². The van der Waals surface area contributed by atoms with E-state index in [-0.39, 0.29) is 6.09 Å². The fourth-order valence-corrected chi connectivity index (χ4v) is 3.16. The van der Waals surface area contributed by atoms with E-state index < -0.39 is 11.1 Å². The van der Waals surface area contributed by atoms with Crippen molar-refractivity contribution in [3.8, 4) is 5.75 Å². The van der Waals surface area contributed by atoms with Crippen molar-refractivity contribution in [2.45, 2.75) is 44.8 Å². The summed E-state index contributed by atoms with van der Waals surface area (Å²) in [5.41, 5.74) is 0.109. The number of para-hydroxylation sites is 1. The van der Waals surface area contributed by atoms with Crippen LogP contribution in [0.15, 0.2) is 24.3 Å². The molecule has 1 aromatic rings. The number of nitrogens with one attached hydrogen (secondary N) is 1. The lowest BCUT2D eigenvalue weighted by atomic mass is 9.79. The zero-order chi connectivity index (χ0) is 17.1. The zero-order valence-corrected chi connectivity index (χ0v) is 14.8. The Morgan fingerprint density at radius 2 is 1.83 bits per heavy atom. The first kappa shape index (κ1) is 17.6. The highest BCUT2D eigenvalue weighted by molar-refractivity contribution is 5.69. The minimum absolute atomic E-state index is 0.301. The summed E-state index contributed by atoms with van der Waals surface area (Å²) in [6.45, 7) is 7.36. The molecular formula is C18H28N2O3. The lowest BCUT2D eigenvalue weighted by molar-refractivity contribution is -0.00418. The van der Waals surface area contributed by atoms with E-state index in [1.54, 1.807) is 12.0 Å². The zero-order valence-electron chi connectivity index (χ0n) is 14.8. The number of ether oxygens (including phenoxy) is 2. The summed E-state index contributed by atoms with van der Waals surface area (Å²) >= 11 is 0. The maximum Gasteiger partial charge on any atom is 0.410 e. The van der Waals surface area contributed by atoms with Crippen LogP contribution < -0.4 is 10.1 Å². The van der Waals surface area contributed by atoms with Crippen molar-refractivity contribution in [3.05, 3.63) is 29.8 Å². The lowest BCUT2D eigenvalue weighted by Crippen LogP contribution is -2.54. The first-order chi connectivity index (χ1) is 10.8. The third-order valence-electron chi connectivity index (χ3n) is 4.35. The molecule has 2 rings (SSSR count). The molecule has 1 amide bonds. The number of nitrogens with zero attached hydrogens (tertiary/aromatic N) is 1. The largest absolute Gasteiger partial charge is 0.496 e. The average molecular weight is 320 g/mol. The number of hydrogen-bond acceptors (Lipinski definition) is 4. The minimum atomic E-state index is -0.514. The van der Waals surface area contributed by atoms with E-state index in [1.165, 1.54) is 0 Å². The van der Waals surface area contributed by atoms with E-state index in [0.29, 0.717) is 0 Å². The highest BCUT2D eigenvalue weighted by atomic mass is 16.6. The van der Waals surface area contributed by atoms with Crippen molar-refractivity contribution < 1.29 is 14.3 Å². The molecule has 1 aliphatic heterocycles. The quantitative estimate of drug-likeness (QED) is 0.929. The van der Waals surface area contributed by atoms with Crippen LogP contribution in [0.5, 0.6) is 5.75 Å². The van der Waals surface area contributed by atoms with Crippen molar-refractivity contribution in [3.63, 3.8) is 0 Å². The van der Waals surface area contributed by atoms with Gasteiger partial charge in [-0.25, -0.2) is 4.79 Å². The van der Waals surface area contributed by atoms with Crippen molar-refractivity contribution >= 4 is 6.09 Å². The molecule has 0 saturated carbocycles. The predicted octanol–water partition coefficient (Wildman–Crippen LogP) is 3.14. The van der Waals surface area contributed by atoms with Gasteiger partial charge in [-0.2, -0.15) is 0 Å². The lowest BCUT2D eigenvalue weighted by Gasteiger charge is -2.45.